The SMILES string of the molecule is COc1ccc(Cn2ncc(CN)c2C)cc1F. The number of halogens is 1. The molecule has 0 saturated carbocycles. The van der Waals surface area contributed by atoms with E-state index in [2.05, 4.69) is 5.10 Å². The highest BCUT2D eigenvalue weighted by Crippen LogP contribution is 2.18. The van der Waals surface area contributed by atoms with Crippen LogP contribution in [-0.4, -0.2) is 16.9 Å². The molecule has 0 spiro atoms. The van der Waals surface area contributed by atoms with Gasteiger partial charge in [-0.05, 0) is 24.6 Å². The Morgan fingerprint density at radius 1 is 1.44 bits per heavy atom. The van der Waals surface area contributed by atoms with E-state index in [-0.39, 0.29) is 11.6 Å². The summed E-state index contributed by atoms with van der Waals surface area (Å²) in [6, 6.07) is 4.90. The first kappa shape index (κ1) is 12.6. The van der Waals surface area contributed by atoms with Gasteiger partial charge in [-0.15, -0.1) is 0 Å². The van der Waals surface area contributed by atoms with Crippen molar-refractivity contribution in [2.45, 2.75) is 20.0 Å². The molecule has 5 heteroatoms. The first-order valence-electron chi connectivity index (χ1n) is 5.69. The van der Waals surface area contributed by atoms with Crippen molar-refractivity contribution in [2.24, 2.45) is 5.73 Å². The Labute approximate surface area is 105 Å². The van der Waals surface area contributed by atoms with E-state index in [9.17, 15) is 4.39 Å². The number of ether oxygens (including phenoxy) is 1. The highest BCUT2D eigenvalue weighted by molar-refractivity contribution is 5.29. The molecule has 0 aliphatic heterocycles. The highest BCUT2D eigenvalue weighted by atomic mass is 19.1. The van der Waals surface area contributed by atoms with Crippen LogP contribution in [0, 0.1) is 12.7 Å². The van der Waals surface area contributed by atoms with Crippen molar-refractivity contribution in [1.82, 2.24) is 9.78 Å². The lowest BCUT2D eigenvalue weighted by molar-refractivity contribution is 0.386. The minimum Gasteiger partial charge on any atom is -0.494 e. The summed E-state index contributed by atoms with van der Waals surface area (Å²) < 4.78 is 20.2. The second-order valence-corrected chi connectivity index (χ2v) is 4.09. The van der Waals surface area contributed by atoms with Crippen molar-refractivity contribution in [2.75, 3.05) is 7.11 Å². The Bertz CT molecular complexity index is 551. The van der Waals surface area contributed by atoms with Gasteiger partial charge >= 0.3 is 0 Å². The fraction of sp³-hybridized carbons (Fsp3) is 0.308. The van der Waals surface area contributed by atoms with Crippen LogP contribution in [0.5, 0.6) is 5.75 Å². The van der Waals surface area contributed by atoms with E-state index >= 15 is 0 Å². The van der Waals surface area contributed by atoms with Gasteiger partial charge in [-0.25, -0.2) is 4.39 Å². The van der Waals surface area contributed by atoms with E-state index < -0.39 is 0 Å². The van der Waals surface area contributed by atoms with Crippen molar-refractivity contribution in [1.29, 1.82) is 0 Å². The Balaban J connectivity index is 2.23. The Morgan fingerprint density at radius 2 is 2.22 bits per heavy atom. The topological polar surface area (TPSA) is 53.1 Å². The molecule has 96 valence electrons. The van der Waals surface area contributed by atoms with Crippen LogP contribution in [-0.2, 0) is 13.1 Å². The molecular formula is C13H16FN3O. The monoisotopic (exact) mass is 249 g/mol. The van der Waals surface area contributed by atoms with Gasteiger partial charge in [0.05, 0.1) is 19.9 Å². The Morgan fingerprint density at radius 3 is 2.78 bits per heavy atom. The average Bonchev–Trinajstić information content (AvgIpc) is 2.71. The van der Waals surface area contributed by atoms with E-state index in [0.29, 0.717) is 13.1 Å². The predicted octanol–water partition coefficient (Wildman–Crippen LogP) is 1.85. The van der Waals surface area contributed by atoms with Gasteiger partial charge in [0, 0.05) is 17.8 Å². The molecule has 0 aliphatic rings. The fourth-order valence-corrected chi connectivity index (χ4v) is 1.83. The van der Waals surface area contributed by atoms with E-state index in [0.717, 1.165) is 16.8 Å². The van der Waals surface area contributed by atoms with Crippen LogP contribution in [0.25, 0.3) is 0 Å². The van der Waals surface area contributed by atoms with Crippen LogP contribution >= 0.6 is 0 Å². The minimum atomic E-state index is -0.362. The Hall–Kier alpha value is -1.88. The number of nitrogens with two attached hydrogens (primary N) is 1. The largest absolute Gasteiger partial charge is 0.494 e. The van der Waals surface area contributed by atoms with Crippen LogP contribution in [0.2, 0.25) is 0 Å². The number of rotatable bonds is 4. The zero-order valence-corrected chi connectivity index (χ0v) is 10.5. The van der Waals surface area contributed by atoms with Gasteiger partial charge < -0.3 is 10.5 Å². The normalized spacial score (nSPS) is 10.7. The summed E-state index contributed by atoms with van der Waals surface area (Å²) in [5.74, 6) is -0.113. The van der Waals surface area contributed by atoms with Gasteiger partial charge in [0.2, 0.25) is 0 Å². The number of nitrogens with zero attached hydrogens (tertiary/aromatic N) is 2. The van der Waals surface area contributed by atoms with Gasteiger partial charge in [0.25, 0.3) is 0 Å². The minimum absolute atomic E-state index is 0.249. The molecule has 0 amide bonds. The summed E-state index contributed by atoms with van der Waals surface area (Å²) in [7, 11) is 1.45. The lowest BCUT2D eigenvalue weighted by Crippen LogP contribution is -2.06. The van der Waals surface area contributed by atoms with Gasteiger partial charge in [0.15, 0.2) is 11.6 Å². The molecule has 1 aromatic carbocycles. The Kier molecular flexibility index (Phi) is 3.62. The van der Waals surface area contributed by atoms with Gasteiger partial charge in [-0.3, -0.25) is 4.68 Å². The molecule has 0 fully saturated rings. The van der Waals surface area contributed by atoms with Crippen LogP contribution < -0.4 is 10.5 Å². The molecule has 0 saturated heterocycles. The lowest BCUT2D eigenvalue weighted by Gasteiger charge is -2.07. The maximum atomic E-state index is 13.6. The maximum absolute atomic E-state index is 13.6. The van der Waals surface area contributed by atoms with Crippen molar-refractivity contribution in [3.63, 3.8) is 0 Å². The summed E-state index contributed by atoms with van der Waals surface area (Å²) >= 11 is 0. The van der Waals surface area contributed by atoms with Gasteiger partial charge in [-0.2, -0.15) is 5.10 Å². The van der Waals surface area contributed by atoms with Gasteiger partial charge in [-0.1, -0.05) is 6.07 Å². The fourth-order valence-electron chi connectivity index (χ4n) is 1.83. The first-order chi connectivity index (χ1) is 8.65. The third-order valence-corrected chi connectivity index (χ3v) is 2.97. The molecule has 0 aliphatic carbocycles. The maximum Gasteiger partial charge on any atom is 0.165 e. The molecule has 0 bridgehead atoms. The quantitative estimate of drug-likeness (QED) is 0.899. The van der Waals surface area contributed by atoms with Crippen molar-refractivity contribution >= 4 is 0 Å². The predicted molar refractivity (Wildman–Crippen MR) is 66.9 cm³/mol. The van der Waals surface area contributed by atoms with E-state index in [4.69, 9.17) is 10.5 Å². The molecule has 18 heavy (non-hydrogen) atoms. The number of aromatic nitrogens is 2. The number of benzene rings is 1. The van der Waals surface area contributed by atoms with Crippen LogP contribution in [0.4, 0.5) is 4.39 Å². The average molecular weight is 249 g/mol. The summed E-state index contributed by atoms with van der Waals surface area (Å²) in [5.41, 5.74) is 8.44. The summed E-state index contributed by atoms with van der Waals surface area (Å²) in [5, 5.41) is 4.24. The smallest absolute Gasteiger partial charge is 0.165 e. The standard InChI is InChI=1S/C13H16FN3O/c1-9-11(6-15)7-16-17(9)8-10-3-4-13(18-2)12(14)5-10/h3-5,7H,6,8,15H2,1-2H3. The second-order valence-electron chi connectivity index (χ2n) is 4.09. The molecule has 2 rings (SSSR count). The molecule has 2 N–H and O–H groups in total. The van der Waals surface area contributed by atoms with E-state index in [1.165, 1.54) is 13.2 Å². The molecule has 1 aromatic heterocycles. The summed E-state index contributed by atoms with van der Waals surface area (Å²) in [6.07, 6.45) is 1.75. The lowest BCUT2D eigenvalue weighted by atomic mass is 10.2. The van der Waals surface area contributed by atoms with Crippen LogP contribution in [0.15, 0.2) is 24.4 Å². The molecule has 4 nitrogen and oxygen atoms in total. The zero-order valence-electron chi connectivity index (χ0n) is 10.5. The molecule has 0 unspecified atom stereocenters. The second kappa shape index (κ2) is 5.18. The van der Waals surface area contributed by atoms with E-state index in [1.807, 2.05) is 17.7 Å². The first-order valence-corrected chi connectivity index (χ1v) is 5.69. The van der Waals surface area contributed by atoms with Crippen molar-refractivity contribution in [3.05, 3.63) is 47.0 Å². The third-order valence-electron chi connectivity index (χ3n) is 2.97. The van der Waals surface area contributed by atoms with Crippen LogP contribution in [0.1, 0.15) is 16.8 Å². The van der Waals surface area contributed by atoms with E-state index in [1.54, 1.807) is 12.3 Å². The van der Waals surface area contributed by atoms with Crippen LogP contribution in [0.3, 0.4) is 0 Å². The van der Waals surface area contributed by atoms with Crippen molar-refractivity contribution in [3.8, 4) is 5.75 Å². The molecule has 1 heterocycles. The number of hydrogen-bond donors (Lipinski definition) is 1. The number of hydrogen-bond acceptors (Lipinski definition) is 3. The summed E-state index contributed by atoms with van der Waals surface area (Å²) in [6.45, 7) is 2.94. The third kappa shape index (κ3) is 2.36. The number of methoxy groups -OCH3 is 1. The molecule has 0 radical (unpaired) electrons. The van der Waals surface area contributed by atoms with Crippen molar-refractivity contribution < 1.29 is 9.13 Å². The summed E-state index contributed by atoms with van der Waals surface area (Å²) in [4.78, 5) is 0. The molecule has 2 aromatic rings. The zero-order chi connectivity index (χ0) is 13.1. The highest BCUT2D eigenvalue weighted by Gasteiger charge is 2.07. The van der Waals surface area contributed by atoms with Gasteiger partial charge in [0.1, 0.15) is 0 Å². The molecular weight excluding hydrogens is 233 g/mol. The molecule has 0 atom stereocenters.